The Labute approximate surface area is 126 Å². The summed E-state index contributed by atoms with van der Waals surface area (Å²) in [6.07, 6.45) is 0. The summed E-state index contributed by atoms with van der Waals surface area (Å²) in [5, 5.41) is 13.6. The fraction of sp³-hybridized carbons (Fsp3) is 0.0769. The van der Waals surface area contributed by atoms with Gasteiger partial charge in [0.2, 0.25) is 0 Å². The number of halogens is 3. The van der Waals surface area contributed by atoms with Gasteiger partial charge in [-0.05, 0) is 28.1 Å². The molecule has 1 N–H and O–H groups in total. The van der Waals surface area contributed by atoms with E-state index >= 15 is 0 Å². The Bertz CT molecular complexity index is 710. The molecule has 0 atom stereocenters. The number of hydrogen-bond acceptors (Lipinski definition) is 4. The van der Waals surface area contributed by atoms with Crippen molar-refractivity contribution in [3.63, 3.8) is 0 Å². The minimum Gasteiger partial charge on any atom is -0.453 e. The Kier molecular flexibility index (Phi) is 4.37. The highest BCUT2D eigenvalue weighted by atomic mass is 79.9. The molecule has 2 aromatic carbocycles. The number of nitrogens with one attached hydrogen (secondary N) is 1. The maximum atomic E-state index is 13.6. The van der Waals surface area contributed by atoms with Crippen molar-refractivity contribution < 1.29 is 18.4 Å². The molecule has 2 rings (SSSR count). The van der Waals surface area contributed by atoms with Crippen molar-refractivity contribution in [3.8, 4) is 11.5 Å². The molecule has 0 aliphatic heterocycles. The van der Waals surface area contributed by atoms with E-state index in [1.165, 1.54) is 19.2 Å². The fourth-order valence-electron chi connectivity index (χ4n) is 1.65. The predicted molar refractivity (Wildman–Crippen MR) is 76.8 cm³/mol. The van der Waals surface area contributed by atoms with Gasteiger partial charge in [-0.25, -0.2) is 8.78 Å². The van der Waals surface area contributed by atoms with Crippen molar-refractivity contribution in [2.75, 3.05) is 12.4 Å². The van der Waals surface area contributed by atoms with Crippen LogP contribution < -0.4 is 10.1 Å². The molecule has 0 aliphatic carbocycles. The summed E-state index contributed by atoms with van der Waals surface area (Å²) in [4.78, 5) is 10.3. The number of benzene rings is 2. The highest BCUT2D eigenvalue weighted by Gasteiger charge is 2.18. The lowest BCUT2D eigenvalue weighted by atomic mass is 10.2. The zero-order chi connectivity index (χ0) is 15.6. The van der Waals surface area contributed by atoms with Gasteiger partial charge in [0.1, 0.15) is 17.3 Å². The average Bonchev–Trinajstić information content (AvgIpc) is 2.43. The van der Waals surface area contributed by atoms with Crippen LogP contribution in [0.5, 0.6) is 11.5 Å². The number of rotatable bonds is 4. The molecule has 0 aromatic heterocycles. The second-order valence-corrected chi connectivity index (χ2v) is 4.84. The van der Waals surface area contributed by atoms with Crippen molar-refractivity contribution in [1.82, 2.24) is 0 Å². The van der Waals surface area contributed by atoms with Gasteiger partial charge >= 0.3 is 0 Å². The minimum atomic E-state index is -0.869. The van der Waals surface area contributed by atoms with Crippen LogP contribution in [0.2, 0.25) is 0 Å². The van der Waals surface area contributed by atoms with Gasteiger partial charge < -0.3 is 10.1 Å². The molecular weight excluding hydrogens is 350 g/mol. The molecular formula is C13H9BrF2N2O3. The molecule has 5 nitrogen and oxygen atoms in total. The van der Waals surface area contributed by atoms with E-state index in [9.17, 15) is 18.9 Å². The van der Waals surface area contributed by atoms with E-state index in [0.29, 0.717) is 6.07 Å². The normalized spacial score (nSPS) is 10.3. The van der Waals surface area contributed by atoms with Gasteiger partial charge in [-0.2, -0.15) is 0 Å². The molecule has 0 radical (unpaired) electrons. The molecule has 0 amide bonds. The van der Waals surface area contributed by atoms with E-state index in [4.69, 9.17) is 4.74 Å². The van der Waals surface area contributed by atoms with Gasteiger partial charge in [0.25, 0.3) is 5.69 Å². The Hall–Kier alpha value is -2.22. The van der Waals surface area contributed by atoms with E-state index in [2.05, 4.69) is 21.2 Å². The van der Waals surface area contributed by atoms with Gasteiger partial charge in [-0.15, -0.1) is 0 Å². The summed E-state index contributed by atoms with van der Waals surface area (Å²) in [6, 6.07) is 5.47. The molecule has 21 heavy (non-hydrogen) atoms. The number of hydrogen-bond donors (Lipinski definition) is 1. The quantitative estimate of drug-likeness (QED) is 0.646. The van der Waals surface area contributed by atoms with Crippen LogP contribution in [-0.2, 0) is 0 Å². The third-order valence-corrected chi connectivity index (χ3v) is 3.25. The van der Waals surface area contributed by atoms with Gasteiger partial charge in [0.05, 0.1) is 9.40 Å². The van der Waals surface area contributed by atoms with Gasteiger partial charge in [0, 0.05) is 25.2 Å². The Morgan fingerprint density at radius 1 is 1.24 bits per heavy atom. The summed E-state index contributed by atoms with van der Waals surface area (Å²) in [7, 11) is 1.51. The molecule has 0 saturated carbocycles. The lowest BCUT2D eigenvalue weighted by Gasteiger charge is -2.11. The van der Waals surface area contributed by atoms with Crippen LogP contribution in [0.25, 0.3) is 0 Å². The molecule has 0 heterocycles. The Balaban J connectivity index is 2.42. The van der Waals surface area contributed by atoms with Crippen LogP contribution in [0.15, 0.2) is 34.8 Å². The summed E-state index contributed by atoms with van der Waals surface area (Å²) >= 11 is 3.12. The molecule has 0 aliphatic rings. The van der Waals surface area contributed by atoms with Gasteiger partial charge in [-0.3, -0.25) is 10.1 Å². The maximum absolute atomic E-state index is 13.6. The average molecular weight is 359 g/mol. The fourth-order valence-corrected chi connectivity index (χ4v) is 2.06. The maximum Gasteiger partial charge on any atom is 0.293 e. The van der Waals surface area contributed by atoms with Crippen LogP contribution in [0.3, 0.4) is 0 Å². The van der Waals surface area contributed by atoms with Crippen LogP contribution in [0, 0.1) is 21.7 Å². The molecule has 0 saturated heterocycles. The lowest BCUT2D eigenvalue weighted by molar-refractivity contribution is -0.384. The highest BCUT2D eigenvalue weighted by Crippen LogP contribution is 2.38. The van der Waals surface area contributed by atoms with E-state index in [1.54, 1.807) is 0 Å². The van der Waals surface area contributed by atoms with Crippen molar-refractivity contribution >= 4 is 27.3 Å². The molecule has 110 valence electrons. The molecule has 0 spiro atoms. The first kappa shape index (κ1) is 15.2. The standard InChI is InChI=1S/C13H9BrF2N2O3/c1-17-10-6-13(8(14)5-11(10)18(19)20)21-12-3-2-7(15)4-9(12)16/h2-6,17H,1H3. The molecule has 0 unspecified atom stereocenters. The second-order valence-electron chi connectivity index (χ2n) is 3.98. The third kappa shape index (κ3) is 3.27. The SMILES string of the molecule is CNc1cc(Oc2ccc(F)cc2F)c(Br)cc1[N+](=O)[O-]. The number of ether oxygens (including phenoxy) is 1. The van der Waals surface area contributed by atoms with Crippen LogP contribution >= 0.6 is 15.9 Å². The van der Waals surface area contributed by atoms with Crippen LogP contribution in [0.4, 0.5) is 20.2 Å². The Morgan fingerprint density at radius 2 is 1.95 bits per heavy atom. The van der Waals surface area contributed by atoms with E-state index in [1.807, 2.05) is 0 Å². The van der Waals surface area contributed by atoms with E-state index in [-0.39, 0.29) is 27.3 Å². The summed E-state index contributed by atoms with van der Waals surface area (Å²) in [6.45, 7) is 0. The van der Waals surface area contributed by atoms with Crippen molar-refractivity contribution in [3.05, 3.63) is 56.6 Å². The monoisotopic (exact) mass is 358 g/mol. The molecule has 2 aromatic rings. The largest absolute Gasteiger partial charge is 0.453 e. The smallest absolute Gasteiger partial charge is 0.293 e. The highest BCUT2D eigenvalue weighted by molar-refractivity contribution is 9.10. The first-order chi connectivity index (χ1) is 9.92. The first-order valence-electron chi connectivity index (χ1n) is 5.71. The molecule has 8 heteroatoms. The number of nitro benzene ring substituents is 1. The molecule has 0 fully saturated rings. The van der Waals surface area contributed by atoms with Crippen molar-refractivity contribution in [2.24, 2.45) is 0 Å². The topological polar surface area (TPSA) is 64.4 Å². The Morgan fingerprint density at radius 3 is 2.52 bits per heavy atom. The van der Waals surface area contributed by atoms with Crippen molar-refractivity contribution in [2.45, 2.75) is 0 Å². The zero-order valence-electron chi connectivity index (χ0n) is 10.7. The zero-order valence-corrected chi connectivity index (χ0v) is 12.3. The molecule has 0 bridgehead atoms. The number of anilines is 1. The van der Waals surface area contributed by atoms with E-state index < -0.39 is 16.6 Å². The summed E-state index contributed by atoms with van der Waals surface area (Å²) < 4.78 is 32.0. The van der Waals surface area contributed by atoms with E-state index in [0.717, 1.165) is 12.1 Å². The summed E-state index contributed by atoms with van der Waals surface area (Å²) in [5.74, 6) is -1.62. The van der Waals surface area contributed by atoms with Crippen molar-refractivity contribution in [1.29, 1.82) is 0 Å². The van der Waals surface area contributed by atoms with Crippen LogP contribution in [-0.4, -0.2) is 12.0 Å². The number of nitro groups is 1. The second kappa shape index (κ2) is 6.04. The van der Waals surface area contributed by atoms with Gasteiger partial charge in [-0.1, -0.05) is 0 Å². The van der Waals surface area contributed by atoms with Gasteiger partial charge in [0.15, 0.2) is 11.6 Å². The number of nitrogens with zero attached hydrogens (tertiary/aromatic N) is 1. The van der Waals surface area contributed by atoms with Crippen LogP contribution in [0.1, 0.15) is 0 Å². The third-order valence-electron chi connectivity index (χ3n) is 2.63. The predicted octanol–water partition coefficient (Wildman–Crippen LogP) is 4.47. The lowest BCUT2D eigenvalue weighted by Crippen LogP contribution is -1.98. The first-order valence-corrected chi connectivity index (χ1v) is 6.50. The summed E-state index contributed by atoms with van der Waals surface area (Å²) in [5.41, 5.74) is 0.0528. The minimum absolute atomic E-state index is 0.156.